The maximum Gasteiger partial charge on any atom is 0.191 e. The van der Waals surface area contributed by atoms with Crippen LogP contribution in [0.3, 0.4) is 0 Å². The van der Waals surface area contributed by atoms with Crippen molar-refractivity contribution in [2.24, 2.45) is 0 Å². The van der Waals surface area contributed by atoms with E-state index in [0.717, 1.165) is 0 Å². The largest absolute Gasteiger partial charge is 0.298 e. The minimum atomic E-state index is -3.55. The summed E-state index contributed by atoms with van der Waals surface area (Å²) >= 11 is 5.69. The summed E-state index contributed by atoms with van der Waals surface area (Å²) in [6, 6.07) is 5.93. The zero-order chi connectivity index (χ0) is 12.0. The summed E-state index contributed by atoms with van der Waals surface area (Å²) in [7, 11) is -3.55. The Kier molecular flexibility index (Phi) is 2.59. The molecule has 0 bridgehead atoms. The fourth-order valence-electron chi connectivity index (χ4n) is 1.76. The van der Waals surface area contributed by atoms with E-state index in [1.807, 2.05) is 0 Å². The van der Waals surface area contributed by atoms with Crippen LogP contribution in [0.2, 0.25) is 5.02 Å². The predicted molar refractivity (Wildman–Crippen MR) is 61.3 cm³/mol. The summed E-state index contributed by atoms with van der Waals surface area (Å²) in [4.78, 5) is 11.6. The second-order valence-electron chi connectivity index (χ2n) is 4.01. The second kappa shape index (κ2) is 3.57. The van der Waals surface area contributed by atoms with E-state index in [-0.39, 0.29) is 10.7 Å². The first kappa shape index (κ1) is 11.6. The first-order valence-corrected chi connectivity index (χ1v) is 6.77. The van der Waals surface area contributed by atoms with Crippen LogP contribution < -0.4 is 0 Å². The van der Waals surface area contributed by atoms with Gasteiger partial charge in [0.1, 0.15) is 4.75 Å². The van der Waals surface area contributed by atoms with Gasteiger partial charge in [0.25, 0.3) is 0 Å². The van der Waals surface area contributed by atoms with Crippen LogP contribution in [0.4, 0.5) is 0 Å². The van der Waals surface area contributed by atoms with Crippen molar-refractivity contribution in [3.63, 3.8) is 0 Å². The molecule has 16 heavy (non-hydrogen) atoms. The van der Waals surface area contributed by atoms with Gasteiger partial charge in [-0.15, -0.1) is 0 Å². The molecule has 1 fully saturated rings. The van der Waals surface area contributed by atoms with Crippen LogP contribution in [0, 0.1) is 0 Å². The van der Waals surface area contributed by atoms with Crippen LogP contribution in [-0.4, -0.2) is 18.9 Å². The van der Waals surface area contributed by atoms with Gasteiger partial charge in [-0.1, -0.05) is 11.6 Å². The normalized spacial score (nSPS) is 18.1. The molecular weight excluding hydrogens is 248 g/mol. The van der Waals surface area contributed by atoms with Crippen LogP contribution in [0.25, 0.3) is 0 Å². The molecule has 0 spiro atoms. The Balaban J connectivity index is 2.48. The fraction of sp³-hybridized carbons (Fsp3) is 0.364. The third kappa shape index (κ3) is 1.57. The number of hydrogen-bond acceptors (Lipinski definition) is 3. The molecule has 0 amide bonds. The van der Waals surface area contributed by atoms with Crippen molar-refractivity contribution in [2.75, 3.05) is 0 Å². The van der Waals surface area contributed by atoms with E-state index in [1.54, 1.807) is 0 Å². The van der Waals surface area contributed by atoms with Crippen molar-refractivity contribution in [1.82, 2.24) is 0 Å². The minimum Gasteiger partial charge on any atom is -0.298 e. The van der Waals surface area contributed by atoms with E-state index < -0.39 is 14.6 Å². The Bertz CT molecular complexity index is 527. The molecule has 1 saturated carbocycles. The molecule has 86 valence electrons. The SMILES string of the molecule is CC(=O)C1(S(=O)(=O)c2ccc(Cl)cc2)CC1. The quantitative estimate of drug-likeness (QED) is 0.835. The molecule has 0 N–H and O–H groups in total. The third-order valence-corrected chi connectivity index (χ3v) is 5.85. The van der Waals surface area contributed by atoms with E-state index in [2.05, 4.69) is 0 Å². The number of carbonyl (C=O) groups excluding carboxylic acids is 1. The molecule has 0 atom stereocenters. The number of ketones is 1. The van der Waals surface area contributed by atoms with E-state index in [0.29, 0.717) is 17.9 Å². The van der Waals surface area contributed by atoms with E-state index in [4.69, 9.17) is 11.6 Å². The van der Waals surface area contributed by atoms with Gasteiger partial charge in [-0.25, -0.2) is 8.42 Å². The van der Waals surface area contributed by atoms with Crippen molar-refractivity contribution in [3.8, 4) is 0 Å². The number of benzene rings is 1. The lowest BCUT2D eigenvalue weighted by Crippen LogP contribution is -2.30. The molecule has 2 rings (SSSR count). The van der Waals surface area contributed by atoms with E-state index in [9.17, 15) is 13.2 Å². The predicted octanol–water partition coefficient (Wildman–Crippen LogP) is 2.24. The Labute approximate surface area is 99.3 Å². The van der Waals surface area contributed by atoms with Crippen molar-refractivity contribution in [1.29, 1.82) is 0 Å². The monoisotopic (exact) mass is 258 g/mol. The van der Waals surface area contributed by atoms with Crippen LogP contribution in [0.1, 0.15) is 19.8 Å². The van der Waals surface area contributed by atoms with Crippen molar-refractivity contribution in [3.05, 3.63) is 29.3 Å². The number of carbonyl (C=O) groups is 1. The maximum atomic E-state index is 12.2. The molecule has 0 saturated heterocycles. The molecule has 0 aromatic heterocycles. The molecule has 1 aliphatic rings. The molecule has 5 heteroatoms. The summed E-state index contributed by atoms with van der Waals surface area (Å²) in [5, 5.41) is 0.478. The van der Waals surface area contributed by atoms with Crippen LogP contribution >= 0.6 is 11.6 Å². The third-order valence-electron chi connectivity index (χ3n) is 2.98. The van der Waals surface area contributed by atoms with Gasteiger partial charge < -0.3 is 0 Å². The van der Waals surface area contributed by atoms with Gasteiger partial charge in [-0.3, -0.25) is 4.79 Å². The Hall–Kier alpha value is -0.870. The van der Waals surface area contributed by atoms with Gasteiger partial charge in [0.2, 0.25) is 0 Å². The summed E-state index contributed by atoms with van der Waals surface area (Å²) in [6.45, 7) is 1.33. The molecule has 0 unspecified atom stereocenters. The molecule has 1 aliphatic carbocycles. The molecule has 0 radical (unpaired) electrons. The number of hydrogen-bond donors (Lipinski definition) is 0. The van der Waals surface area contributed by atoms with Crippen LogP contribution in [-0.2, 0) is 14.6 Å². The highest BCUT2D eigenvalue weighted by atomic mass is 35.5. The fourth-order valence-corrected chi connectivity index (χ4v) is 3.85. The molecule has 0 aliphatic heterocycles. The van der Waals surface area contributed by atoms with Crippen molar-refractivity contribution < 1.29 is 13.2 Å². The average molecular weight is 259 g/mol. The smallest absolute Gasteiger partial charge is 0.191 e. The van der Waals surface area contributed by atoms with Gasteiger partial charge in [0.05, 0.1) is 4.90 Å². The number of rotatable bonds is 3. The first-order valence-electron chi connectivity index (χ1n) is 4.91. The van der Waals surface area contributed by atoms with Gasteiger partial charge in [0.15, 0.2) is 15.6 Å². The topological polar surface area (TPSA) is 51.2 Å². The van der Waals surface area contributed by atoms with Gasteiger partial charge in [-0.05, 0) is 44.0 Å². The van der Waals surface area contributed by atoms with E-state index in [1.165, 1.54) is 31.2 Å². The van der Waals surface area contributed by atoms with Crippen LogP contribution in [0.5, 0.6) is 0 Å². The van der Waals surface area contributed by atoms with Gasteiger partial charge >= 0.3 is 0 Å². The zero-order valence-electron chi connectivity index (χ0n) is 8.73. The molecule has 3 nitrogen and oxygen atoms in total. The number of halogens is 1. The maximum absolute atomic E-state index is 12.2. The highest BCUT2D eigenvalue weighted by molar-refractivity contribution is 7.94. The summed E-state index contributed by atoms with van der Waals surface area (Å²) in [6.07, 6.45) is 0.848. The highest BCUT2D eigenvalue weighted by Crippen LogP contribution is 2.47. The lowest BCUT2D eigenvalue weighted by atomic mass is 10.3. The highest BCUT2D eigenvalue weighted by Gasteiger charge is 2.58. The lowest BCUT2D eigenvalue weighted by Gasteiger charge is -2.12. The Morgan fingerprint density at radius 3 is 2.12 bits per heavy atom. The molecule has 0 heterocycles. The second-order valence-corrected chi connectivity index (χ2v) is 6.70. The number of Topliss-reactive ketones (excluding diaryl/α,β-unsaturated/α-hetero) is 1. The standard InChI is InChI=1S/C11H11ClO3S/c1-8(13)11(6-7-11)16(14,15)10-4-2-9(12)3-5-10/h2-5H,6-7H2,1H3. The Morgan fingerprint density at radius 1 is 1.25 bits per heavy atom. The molecule has 1 aromatic carbocycles. The number of sulfone groups is 1. The minimum absolute atomic E-state index is 0.171. The Morgan fingerprint density at radius 2 is 1.75 bits per heavy atom. The van der Waals surface area contributed by atoms with Crippen LogP contribution in [0.15, 0.2) is 29.2 Å². The van der Waals surface area contributed by atoms with Gasteiger partial charge in [-0.2, -0.15) is 0 Å². The van der Waals surface area contributed by atoms with Crippen molar-refractivity contribution in [2.45, 2.75) is 29.4 Å². The summed E-state index contributed by atoms with van der Waals surface area (Å²) in [5.41, 5.74) is 0. The zero-order valence-corrected chi connectivity index (χ0v) is 10.3. The lowest BCUT2D eigenvalue weighted by molar-refractivity contribution is -0.117. The first-order chi connectivity index (χ1) is 7.40. The van der Waals surface area contributed by atoms with E-state index >= 15 is 0 Å². The summed E-state index contributed by atoms with van der Waals surface area (Å²) < 4.78 is 23.2. The molecular formula is C11H11ClO3S. The van der Waals surface area contributed by atoms with Gasteiger partial charge in [0, 0.05) is 5.02 Å². The summed E-state index contributed by atoms with van der Waals surface area (Å²) in [5.74, 6) is -0.276. The molecule has 1 aromatic rings. The average Bonchev–Trinajstić information content (AvgIpc) is 2.98. The van der Waals surface area contributed by atoms with Crippen molar-refractivity contribution >= 4 is 27.2 Å².